The number of hydrogen-bond donors (Lipinski definition) is 1. The number of aryl methyl sites for hydroxylation is 2. The zero-order chi connectivity index (χ0) is 24.3. The SMILES string of the molecule is CCc1cccc(NC(=O)N(CCOC)CC(=O)N(Cc2ccccc2)Cc2ccc(C)s2)c1. The fourth-order valence-corrected chi connectivity index (χ4v) is 4.49. The van der Waals surface area contributed by atoms with Gasteiger partial charge in [0.1, 0.15) is 6.54 Å². The predicted octanol–water partition coefficient (Wildman–Crippen LogP) is 5.33. The highest BCUT2D eigenvalue weighted by Gasteiger charge is 2.22. The number of ether oxygens (including phenoxy) is 1. The van der Waals surface area contributed by atoms with E-state index in [1.165, 1.54) is 9.78 Å². The molecule has 1 heterocycles. The minimum absolute atomic E-state index is 0.0279. The van der Waals surface area contributed by atoms with Gasteiger partial charge in [0.2, 0.25) is 5.91 Å². The first-order chi connectivity index (χ1) is 16.5. The van der Waals surface area contributed by atoms with Crippen LogP contribution in [0, 0.1) is 6.92 Å². The number of amides is 3. The molecule has 3 aromatic rings. The first kappa shape index (κ1) is 25.5. The number of thiophene rings is 1. The van der Waals surface area contributed by atoms with Gasteiger partial charge >= 0.3 is 6.03 Å². The van der Waals surface area contributed by atoms with Crippen LogP contribution in [0.4, 0.5) is 10.5 Å². The van der Waals surface area contributed by atoms with Gasteiger partial charge in [-0.2, -0.15) is 0 Å². The van der Waals surface area contributed by atoms with Crippen LogP contribution in [0.2, 0.25) is 0 Å². The molecule has 0 fully saturated rings. The molecule has 0 bridgehead atoms. The molecule has 1 N–H and O–H groups in total. The zero-order valence-electron chi connectivity index (χ0n) is 20.1. The fourth-order valence-electron chi connectivity index (χ4n) is 3.58. The maximum atomic E-state index is 13.5. The van der Waals surface area contributed by atoms with E-state index in [0.29, 0.717) is 26.2 Å². The second kappa shape index (κ2) is 12.9. The van der Waals surface area contributed by atoms with E-state index < -0.39 is 0 Å². The van der Waals surface area contributed by atoms with Crippen molar-refractivity contribution in [3.05, 3.63) is 87.6 Å². The van der Waals surface area contributed by atoms with Gasteiger partial charge in [-0.1, -0.05) is 49.4 Å². The molecule has 0 aliphatic heterocycles. The summed E-state index contributed by atoms with van der Waals surface area (Å²) in [5.74, 6) is -0.108. The van der Waals surface area contributed by atoms with Gasteiger partial charge in [-0.3, -0.25) is 4.79 Å². The Kier molecular flexibility index (Phi) is 9.67. The Bertz CT molecular complexity index is 1070. The Balaban J connectivity index is 1.75. The van der Waals surface area contributed by atoms with E-state index in [0.717, 1.165) is 28.1 Å². The lowest BCUT2D eigenvalue weighted by atomic mass is 10.1. The van der Waals surface area contributed by atoms with Gasteiger partial charge in [-0.05, 0) is 48.7 Å². The van der Waals surface area contributed by atoms with Crippen molar-refractivity contribution >= 4 is 29.0 Å². The van der Waals surface area contributed by atoms with Crippen LogP contribution in [0.3, 0.4) is 0 Å². The van der Waals surface area contributed by atoms with E-state index >= 15 is 0 Å². The number of methoxy groups -OCH3 is 1. The van der Waals surface area contributed by atoms with Crippen LogP contribution in [-0.2, 0) is 29.0 Å². The number of carbonyl (C=O) groups excluding carboxylic acids is 2. The molecule has 3 amide bonds. The lowest BCUT2D eigenvalue weighted by Crippen LogP contribution is -2.45. The number of urea groups is 1. The van der Waals surface area contributed by atoms with Crippen molar-refractivity contribution in [2.75, 3.05) is 32.1 Å². The van der Waals surface area contributed by atoms with E-state index in [2.05, 4.69) is 31.3 Å². The molecule has 0 aliphatic rings. The van der Waals surface area contributed by atoms with Gasteiger partial charge in [0, 0.05) is 35.6 Å². The maximum Gasteiger partial charge on any atom is 0.322 e. The molecule has 0 radical (unpaired) electrons. The van der Waals surface area contributed by atoms with Crippen molar-refractivity contribution in [1.29, 1.82) is 0 Å². The number of nitrogens with zero attached hydrogens (tertiary/aromatic N) is 2. The van der Waals surface area contributed by atoms with Crippen LogP contribution in [0.25, 0.3) is 0 Å². The van der Waals surface area contributed by atoms with Crippen molar-refractivity contribution in [1.82, 2.24) is 9.80 Å². The molecule has 6 nitrogen and oxygen atoms in total. The largest absolute Gasteiger partial charge is 0.383 e. The Morgan fingerprint density at radius 2 is 1.71 bits per heavy atom. The lowest BCUT2D eigenvalue weighted by molar-refractivity contribution is -0.133. The van der Waals surface area contributed by atoms with Gasteiger partial charge in [0.25, 0.3) is 0 Å². The summed E-state index contributed by atoms with van der Waals surface area (Å²) in [6.07, 6.45) is 0.881. The van der Waals surface area contributed by atoms with Crippen LogP contribution in [-0.4, -0.2) is 48.5 Å². The quantitative estimate of drug-likeness (QED) is 0.404. The van der Waals surface area contributed by atoms with E-state index in [1.807, 2.05) is 59.5 Å². The number of rotatable bonds is 11. The summed E-state index contributed by atoms with van der Waals surface area (Å²) in [5.41, 5.74) is 2.90. The molecule has 180 valence electrons. The number of benzene rings is 2. The predicted molar refractivity (Wildman–Crippen MR) is 138 cm³/mol. The van der Waals surface area contributed by atoms with Crippen LogP contribution >= 0.6 is 11.3 Å². The summed E-state index contributed by atoms with van der Waals surface area (Å²) >= 11 is 1.68. The highest BCUT2D eigenvalue weighted by atomic mass is 32.1. The molecule has 0 unspecified atom stereocenters. The molecule has 0 saturated carbocycles. The Hall–Kier alpha value is -3.16. The first-order valence-corrected chi connectivity index (χ1v) is 12.3. The van der Waals surface area contributed by atoms with Gasteiger partial charge < -0.3 is 19.9 Å². The lowest BCUT2D eigenvalue weighted by Gasteiger charge is -2.28. The molecule has 0 saturated heterocycles. The maximum absolute atomic E-state index is 13.5. The van der Waals surface area contributed by atoms with E-state index in [-0.39, 0.29) is 18.5 Å². The van der Waals surface area contributed by atoms with Gasteiger partial charge in [0.15, 0.2) is 0 Å². The third-order valence-corrected chi connectivity index (χ3v) is 6.46. The molecule has 0 aliphatic carbocycles. The molecule has 0 atom stereocenters. The molecule has 0 spiro atoms. The smallest absolute Gasteiger partial charge is 0.322 e. The third kappa shape index (κ3) is 7.71. The average Bonchev–Trinajstić information content (AvgIpc) is 3.26. The zero-order valence-corrected chi connectivity index (χ0v) is 20.9. The van der Waals surface area contributed by atoms with Crippen LogP contribution in [0.5, 0.6) is 0 Å². The standard InChI is InChI=1S/C27H33N3O3S/c1-4-22-11-8-12-24(17-22)28-27(32)29(15-16-33-3)20-26(31)30(18-23-9-6-5-7-10-23)19-25-14-13-21(2)34-25/h5-14,17H,4,15-16,18-20H2,1-3H3,(H,28,32). The van der Waals surface area contributed by atoms with Crippen LogP contribution in [0.1, 0.15) is 27.8 Å². The van der Waals surface area contributed by atoms with Gasteiger partial charge in [-0.25, -0.2) is 4.79 Å². The van der Waals surface area contributed by atoms with Crippen LogP contribution in [0.15, 0.2) is 66.7 Å². The average molecular weight is 480 g/mol. The first-order valence-electron chi connectivity index (χ1n) is 11.5. The van der Waals surface area contributed by atoms with Crippen molar-refractivity contribution in [3.63, 3.8) is 0 Å². The molecule has 7 heteroatoms. The summed E-state index contributed by atoms with van der Waals surface area (Å²) < 4.78 is 5.20. The van der Waals surface area contributed by atoms with E-state index in [1.54, 1.807) is 18.4 Å². The van der Waals surface area contributed by atoms with E-state index in [9.17, 15) is 9.59 Å². The highest BCUT2D eigenvalue weighted by molar-refractivity contribution is 7.11. The van der Waals surface area contributed by atoms with Crippen LogP contribution < -0.4 is 5.32 Å². The topological polar surface area (TPSA) is 61.9 Å². The monoisotopic (exact) mass is 479 g/mol. The summed E-state index contributed by atoms with van der Waals surface area (Å²) in [6.45, 7) is 5.75. The summed E-state index contributed by atoms with van der Waals surface area (Å²) in [4.78, 5) is 32.2. The van der Waals surface area contributed by atoms with Crippen molar-refractivity contribution in [3.8, 4) is 0 Å². The van der Waals surface area contributed by atoms with Gasteiger partial charge in [-0.15, -0.1) is 11.3 Å². The second-order valence-electron chi connectivity index (χ2n) is 8.15. The summed E-state index contributed by atoms with van der Waals surface area (Å²) in [7, 11) is 1.59. The van der Waals surface area contributed by atoms with E-state index in [4.69, 9.17) is 4.74 Å². The second-order valence-corrected chi connectivity index (χ2v) is 9.52. The van der Waals surface area contributed by atoms with Gasteiger partial charge in [0.05, 0.1) is 13.2 Å². The number of nitrogens with one attached hydrogen (secondary N) is 1. The Morgan fingerprint density at radius 3 is 2.38 bits per heavy atom. The molecular formula is C27H33N3O3S. The fraction of sp³-hybridized carbons (Fsp3) is 0.333. The number of carbonyl (C=O) groups is 2. The third-order valence-electron chi connectivity index (χ3n) is 5.48. The normalized spacial score (nSPS) is 10.7. The van der Waals surface area contributed by atoms with Crippen molar-refractivity contribution < 1.29 is 14.3 Å². The molecule has 2 aromatic carbocycles. The van der Waals surface area contributed by atoms with Crippen molar-refractivity contribution in [2.45, 2.75) is 33.4 Å². The van der Waals surface area contributed by atoms with Crippen molar-refractivity contribution in [2.24, 2.45) is 0 Å². The summed E-state index contributed by atoms with van der Waals surface area (Å²) in [5, 5.41) is 2.94. The minimum Gasteiger partial charge on any atom is -0.383 e. The molecule has 1 aromatic heterocycles. The molecule has 34 heavy (non-hydrogen) atoms. The molecular weight excluding hydrogens is 446 g/mol. The number of anilines is 1. The number of hydrogen-bond acceptors (Lipinski definition) is 4. The summed E-state index contributed by atoms with van der Waals surface area (Å²) in [6, 6.07) is 21.5. The Labute approximate surface area is 206 Å². The Morgan fingerprint density at radius 1 is 0.941 bits per heavy atom. The highest BCUT2D eigenvalue weighted by Crippen LogP contribution is 2.19. The molecule has 3 rings (SSSR count). The minimum atomic E-state index is -0.315.